The Morgan fingerprint density at radius 1 is 1.27 bits per heavy atom. The molecule has 0 saturated carbocycles. The summed E-state index contributed by atoms with van der Waals surface area (Å²) in [5, 5.41) is 3.41. The summed E-state index contributed by atoms with van der Waals surface area (Å²) in [7, 11) is 0. The summed E-state index contributed by atoms with van der Waals surface area (Å²) in [6.45, 7) is 5.09. The topological polar surface area (TPSA) is 30.5 Å². The quantitative estimate of drug-likeness (QED) is 0.703. The van der Waals surface area contributed by atoms with Crippen molar-refractivity contribution in [3.63, 3.8) is 0 Å². The van der Waals surface area contributed by atoms with Crippen molar-refractivity contribution in [3.8, 4) is 0 Å². The van der Waals surface area contributed by atoms with Crippen LogP contribution in [0.3, 0.4) is 0 Å². The fraction of sp³-hybridized carbons (Fsp3) is 1.00. The summed E-state index contributed by atoms with van der Waals surface area (Å²) in [6.07, 6.45) is 6.66. The van der Waals surface area contributed by atoms with Crippen LogP contribution in [0.15, 0.2) is 0 Å². The molecule has 15 heavy (non-hydrogen) atoms. The average Bonchev–Trinajstić information content (AvgIpc) is 2.79. The van der Waals surface area contributed by atoms with Gasteiger partial charge in [0.1, 0.15) is 0 Å². The van der Waals surface area contributed by atoms with Gasteiger partial charge in [0, 0.05) is 19.8 Å². The van der Waals surface area contributed by atoms with Gasteiger partial charge >= 0.3 is 0 Å². The molecule has 2 atom stereocenters. The maximum atomic E-state index is 5.72. The van der Waals surface area contributed by atoms with Gasteiger partial charge in [-0.25, -0.2) is 0 Å². The van der Waals surface area contributed by atoms with Crippen molar-refractivity contribution in [3.05, 3.63) is 0 Å². The van der Waals surface area contributed by atoms with E-state index in [1.807, 2.05) is 0 Å². The smallest absolute Gasteiger partial charge is 0.0597 e. The Morgan fingerprint density at radius 3 is 3.00 bits per heavy atom. The normalized spacial score (nSPS) is 32.0. The third-order valence-electron chi connectivity index (χ3n) is 3.36. The van der Waals surface area contributed by atoms with Crippen molar-refractivity contribution in [2.45, 2.75) is 38.2 Å². The number of rotatable bonds is 5. The molecule has 2 unspecified atom stereocenters. The van der Waals surface area contributed by atoms with Crippen LogP contribution in [-0.4, -0.2) is 39.0 Å². The van der Waals surface area contributed by atoms with E-state index in [2.05, 4.69) is 5.32 Å². The Labute approximate surface area is 92.5 Å². The summed E-state index contributed by atoms with van der Waals surface area (Å²) in [4.78, 5) is 0. The molecule has 2 rings (SSSR count). The van der Waals surface area contributed by atoms with Crippen LogP contribution in [0.1, 0.15) is 32.1 Å². The van der Waals surface area contributed by atoms with E-state index in [-0.39, 0.29) is 0 Å². The average molecular weight is 213 g/mol. The lowest BCUT2D eigenvalue weighted by Gasteiger charge is -2.22. The van der Waals surface area contributed by atoms with Gasteiger partial charge in [-0.2, -0.15) is 0 Å². The zero-order valence-corrected chi connectivity index (χ0v) is 9.54. The zero-order valence-electron chi connectivity index (χ0n) is 9.54. The first-order valence-corrected chi connectivity index (χ1v) is 6.35. The molecule has 0 aromatic rings. The largest absolute Gasteiger partial charge is 0.381 e. The number of hydrogen-bond donors (Lipinski definition) is 1. The first kappa shape index (κ1) is 11.4. The van der Waals surface area contributed by atoms with Gasteiger partial charge in [-0.1, -0.05) is 0 Å². The lowest BCUT2D eigenvalue weighted by atomic mass is 10.0. The molecule has 88 valence electrons. The van der Waals surface area contributed by atoms with Gasteiger partial charge in [0.05, 0.1) is 12.7 Å². The highest BCUT2D eigenvalue weighted by molar-refractivity contribution is 4.69. The van der Waals surface area contributed by atoms with Gasteiger partial charge in [-0.05, 0) is 44.6 Å². The SMILES string of the molecule is C1CNCC(COCCC2CCCO2)C1. The maximum Gasteiger partial charge on any atom is 0.0597 e. The van der Waals surface area contributed by atoms with Gasteiger partial charge in [-0.3, -0.25) is 0 Å². The van der Waals surface area contributed by atoms with Crippen molar-refractivity contribution >= 4 is 0 Å². The van der Waals surface area contributed by atoms with Crippen molar-refractivity contribution in [1.82, 2.24) is 5.32 Å². The Morgan fingerprint density at radius 2 is 2.27 bits per heavy atom. The van der Waals surface area contributed by atoms with E-state index in [1.165, 1.54) is 32.2 Å². The van der Waals surface area contributed by atoms with E-state index in [1.54, 1.807) is 0 Å². The molecule has 2 saturated heterocycles. The number of nitrogens with one attached hydrogen (secondary N) is 1. The number of hydrogen-bond acceptors (Lipinski definition) is 3. The number of ether oxygens (including phenoxy) is 2. The molecule has 0 aliphatic carbocycles. The fourth-order valence-corrected chi connectivity index (χ4v) is 2.40. The van der Waals surface area contributed by atoms with Crippen LogP contribution in [0.25, 0.3) is 0 Å². The molecule has 2 fully saturated rings. The van der Waals surface area contributed by atoms with Gasteiger partial charge in [0.2, 0.25) is 0 Å². The molecule has 0 spiro atoms. The molecular weight excluding hydrogens is 190 g/mol. The van der Waals surface area contributed by atoms with Crippen LogP contribution in [0, 0.1) is 5.92 Å². The Balaban J connectivity index is 1.47. The van der Waals surface area contributed by atoms with Gasteiger partial charge in [-0.15, -0.1) is 0 Å². The standard InChI is InChI=1S/C12H23NO2/c1-3-11(9-13-6-1)10-14-8-5-12-4-2-7-15-12/h11-13H,1-10H2. The molecule has 0 radical (unpaired) electrons. The molecule has 0 amide bonds. The highest BCUT2D eigenvalue weighted by atomic mass is 16.5. The predicted octanol–water partition coefficient (Wildman–Crippen LogP) is 1.57. The van der Waals surface area contributed by atoms with E-state index >= 15 is 0 Å². The first-order valence-electron chi connectivity index (χ1n) is 6.35. The van der Waals surface area contributed by atoms with E-state index in [0.717, 1.165) is 38.7 Å². The Bertz CT molecular complexity index is 163. The third kappa shape index (κ3) is 4.09. The highest BCUT2D eigenvalue weighted by Crippen LogP contribution is 2.15. The highest BCUT2D eigenvalue weighted by Gasteiger charge is 2.16. The molecule has 2 aliphatic heterocycles. The maximum absolute atomic E-state index is 5.72. The summed E-state index contributed by atoms with van der Waals surface area (Å²) < 4.78 is 11.3. The van der Waals surface area contributed by atoms with Crippen LogP contribution < -0.4 is 5.32 Å². The van der Waals surface area contributed by atoms with Crippen LogP contribution in [-0.2, 0) is 9.47 Å². The van der Waals surface area contributed by atoms with E-state index in [0.29, 0.717) is 6.10 Å². The summed E-state index contributed by atoms with van der Waals surface area (Å²) in [5.41, 5.74) is 0. The van der Waals surface area contributed by atoms with Crippen molar-refractivity contribution in [2.75, 3.05) is 32.9 Å². The second kappa shape index (κ2) is 6.46. The zero-order chi connectivity index (χ0) is 10.3. The fourth-order valence-electron chi connectivity index (χ4n) is 2.40. The summed E-state index contributed by atoms with van der Waals surface area (Å²) in [6, 6.07) is 0. The van der Waals surface area contributed by atoms with Crippen LogP contribution in [0.5, 0.6) is 0 Å². The van der Waals surface area contributed by atoms with E-state index in [4.69, 9.17) is 9.47 Å². The lowest BCUT2D eigenvalue weighted by molar-refractivity contribution is 0.0435. The minimum atomic E-state index is 0.481. The molecule has 0 bridgehead atoms. The lowest BCUT2D eigenvalue weighted by Crippen LogP contribution is -2.32. The van der Waals surface area contributed by atoms with E-state index < -0.39 is 0 Å². The molecular formula is C12H23NO2. The molecule has 3 nitrogen and oxygen atoms in total. The molecule has 3 heteroatoms. The second-order valence-electron chi connectivity index (χ2n) is 4.71. The molecule has 0 aromatic heterocycles. The van der Waals surface area contributed by atoms with Gasteiger partial charge in [0.15, 0.2) is 0 Å². The predicted molar refractivity (Wildman–Crippen MR) is 60.0 cm³/mol. The van der Waals surface area contributed by atoms with Crippen LogP contribution >= 0.6 is 0 Å². The Hall–Kier alpha value is -0.120. The molecule has 0 aromatic carbocycles. The van der Waals surface area contributed by atoms with E-state index in [9.17, 15) is 0 Å². The van der Waals surface area contributed by atoms with Crippen molar-refractivity contribution in [2.24, 2.45) is 5.92 Å². The summed E-state index contributed by atoms with van der Waals surface area (Å²) >= 11 is 0. The molecule has 2 heterocycles. The van der Waals surface area contributed by atoms with Crippen LogP contribution in [0.4, 0.5) is 0 Å². The van der Waals surface area contributed by atoms with Crippen LogP contribution in [0.2, 0.25) is 0 Å². The molecule has 2 aliphatic rings. The first-order chi connectivity index (χ1) is 7.45. The monoisotopic (exact) mass is 213 g/mol. The van der Waals surface area contributed by atoms with Gasteiger partial charge < -0.3 is 14.8 Å². The van der Waals surface area contributed by atoms with Gasteiger partial charge in [0.25, 0.3) is 0 Å². The number of piperidine rings is 1. The minimum Gasteiger partial charge on any atom is -0.381 e. The van der Waals surface area contributed by atoms with Crippen molar-refractivity contribution < 1.29 is 9.47 Å². The Kier molecular flexibility index (Phi) is 4.90. The second-order valence-corrected chi connectivity index (χ2v) is 4.71. The summed E-state index contributed by atoms with van der Waals surface area (Å²) in [5.74, 6) is 0.739. The molecule has 1 N–H and O–H groups in total. The minimum absolute atomic E-state index is 0.481. The third-order valence-corrected chi connectivity index (χ3v) is 3.36. The van der Waals surface area contributed by atoms with Crippen molar-refractivity contribution in [1.29, 1.82) is 0 Å².